The highest BCUT2D eigenvalue weighted by Gasteiger charge is 2.20. The number of benzene rings is 1. The molecule has 1 saturated heterocycles. The van der Waals surface area contributed by atoms with Crippen LogP contribution < -0.4 is 10.5 Å². The summed E-state index contributed by atoms with van der Waals surface area (Å²) in [5.41, 5.74) is 9.38. The molecule has 0 unspecified atom stereocenters. The van der Waals surface area contributed by atoms with Gasteiger partial charge in [-0.05, 0) is 23.6 Å². The SMILES string of the molecule is COC[C@H](C)Cc1ncc2c(OC3CCOCC3)ncc(-c3ccc(N)cc3)c2n1. The van der Waals surface area contributed by atoms with Crippen LogP contribution in [0.1, 0.15) is 25.6 Å². The maximum atomic E-state index is 6.23. The van der Waals surface area contributed by atoms with Gasteiger partial charge in [0.1, 0.15) is 11.9 Å². The first kappa shape index (κ1) is 20.5. The minimum atomic E-state index is 0.0956. The van der Waals surface area contributed by atoms with Crippen molar-refractivity contribution in [3.63, 3.8) is 0 Å². The first-order valence-corrected chi connectivity index (χ1v) is 10.4. The molecule has 1 aromatic carbocycles. The number of nitrogens with two attached hydrogens (primary N) is 1. The number of fused-ring (bicyclic) bond motifs is 1. The molecule has 0 radical (unpaired) electrons. The fraction of sp³-hybridized carbons (Fsp3) is 0.435. The lowest BCUT2D eigenvalue weighted by Crippen LogP contribution is -2.26. The second-order valence-corrected chi connectivity index (χ2v) is 7.84. The van der Waals surface area contributed by atoms with Gasteiger partial charge in [0.25, 0.3) is 0 Å². The first-order valence-electron chi connectivity index (χ1n) is 10.4. The van der Waals surface area contributed by atoms with Gasteiger partial charge < -0.3 is 19.9 Å². The highest BCUT2D eigenvalue weighted by Crippen LogP contribution is 2.33. The molecule has 30 heavy (non-hydrogen) atoms. The van der Waals surface area contributed by atoms with Crippen molar-refractivity contribution in [3.8, 4) is 17.0 Å². The molecule has 7 nitrogen and oxygen atoms in total. The van der Waals surface area contributed by atoms with Crippen LogP contribution in [0.15, 0.2) is 36.7 Å². The molecule has 0 amide bonds. The number of methoxy groups -OCH3 is 1. The number of pyridine rings is 1. The minimum Gasteiger partial charge on any atom is -0.474 e. The average molecular weight is 409 g/mol. The summed E-state index contributed by atoms with van der Waals surface area (Å²) in [6, 6.07) is 7.74. The molecule has 0 saturated carbocycles. The molecule has 3 heterocycles. The zero-order valence-corrected chi connectivity index (χ0v) is 17.5. The number of hydrogen-bond donors (Lipinski definition) is 1. The largest absolute Gasteiger partial charge is 0.474 e. The zero-order valence-electron chi connectivity index (χ0n) is 17.5. The van der Waals surface area contributed by atoms with Crippen LogP contribution in [0.4, 0.5) is 5.69 Å². The molecule has 158 valence electrons. The Kier molecular flexibility index (Phi) is 6.40. The van der Waals surface area contributed by atoms with Crippen LogP contribution in [0.25, 0.3) is 22.0 Å². The van der Waals surface area contributed by atoms with E-state index in [0.29, 0.717) is 31.6 Å². The summed E-state index contributed by atoms with van der Waals surface area (Å²) in [7, 11) is 1.71. The lowest BCUT2D eigenvalue weighted by Gasteiger charge is -2.23. The Morgan fingerprint density at radius 3 is 2.63 bits per heavy atom. The second kappa shape index (κ2) is 9.36. The molecule has 2 N–H and O–H groups in total. The molecule has 1 atom stereocenters. The van der Waals surface area contributed by atoms with Crippen molar-refractivity contribution < 1.29 is 14.2 Å². The molecule has 2 aromatic heterocycles. The quantitative estimate of drug-likeness (QED) is 0.597. The van der Waals surface area contributed by atoms with Crippen molar-refractivity contribution in [1.29, 1.82) is 0 Å². The number of hydrogen-bond acceptors (Lipinski definition) is 7. The summed E-state index contributed by atoms with van der Waals surface area (Å²) in [5.74, 6) is 1.69. The van der Waals surface area contributed by atoms with Gasteiger partial charge in [0.05, 0.1) is 24.1 Å². The van der Waals surface area contributed by atoms with Crippen molar-refractivity contribution in [2.45, 2.75) is 32.3 Å². The summed E-state index contributed by atoms with van der Waals surface area (Å²) in [5, 5.41) is 0.818. The van der Waals surface area contributed by atoms with Gasteiger partial charge in [-0.25, -0.2) is 15.0 Å². The van der Waals surface area contributed by atoms with Crippen molar-refractivity contribution >= 4 is 16.6 Å². The Labute approximate surface area is 176 Å². The highest BCUT2D eigenvalue weighted by molar-refractivity contribution is 5.95. The van der Waals surface area contributed by atoms with Crippen molar-refractivity contribution in [2.24, 2.45) is 5.92 Å². The van der Waals surface area contributed by atoms with Crippen LogP contribution in [-0.2, 0) is 15.9 Å². The Bertz CT molecular complexity index is 988. The monoisotopic (exact) mass is 408 g/mol. The molecular formula is C23H28N4O3. The third-order valence-corrected chi connectivity index (χ3v) is 5.29. The van der Waals surface area contributed by atoms with Gasteiger partial charge in [-0.15, -0.1) is 0 Å². The summed E-state index contributed by atoms with van der Waals surface area (Å²) in [6.07, 6.45) is 6.21. The molecule has 0 aliphatic carbocycles. The number of nitrogens with zero attached hydrogens (tertiary/aromatic N) is 3. The van der Waals surface area contributed by atoms with Crippen molar-refractivity contribution in [1.82, 2.24) is 15.0 Å². The van der Waals surface area contributed by atoms with Crippen molar-refractivity contribution in [3.05, 3.63) is 42.5 Å². The van der Waals surface area contributed by atoms with Gasteiger partial charge in [0.15, 0.2) is 0 Å². The van der Waals surface area contributed by atoms with Crippen LogP contribution in [0.5, 0.6) is 5.88 Å². The molecule has 0 spiro atoms. The predicted octanol–water partition coefficient (Wildman–Crippen LogP) is 3.66. The third kappa shape index (κ3) is 4.68. The molecular weight excluding hydrogens is 380 g/mol. The van der Waals surface area contributed by atoms with E-state index in [-0.39, 0.29) is 6.10 Å². The normalized spacial score (nSPS) is 15.9. The fourth-order valence-corrected chi connectivity index (χ4v) is 3.71. The minimum absolute atomic E-state index is 0.0956. The van der Waals surface area contributed by atoms with Crippen LogP contribution in [-0.4, -0.2) is 48.0 Å². The molecule has 0 bridgehead atoms. The molecule has 7 heteroatoms. The van der Waals surface area contributed by atoms with Crippen LogP contribution in [0.3, 0.4) is 0 Å². The summed E-state index contributed by atoms with van der Waals surface area (Å²) in [6.45, 7) is 4.22. The Morgan fingerprint density at radius 2 is 1.90 bits per heavy atom. The van der Waals surface area contributed by atoms with E-state index in [1.54, 1.807) is 7.11 Å². The maximum Gasteiger partial charge on any atom is 0.224 e. The third-order valence-electron chi connectivity index (χ3n) is 5.29. The average Bonchev–Trinajstić information content (AvgIpc) is 2.75. The molecule has 1 aliphatic heterocycles. The zero-order chi connectivity index (χ0) is 20.9. The van der Waals surface area contributed by atoms with Crippen LogP contribution >= 0.6 is 0 Å². The Hall–Kier alpha value is -2.77. The molecule has 1 aliphatic rings. The van der Waals surface area contributed by atoms with E-state index in [0.717, 1.165) is 52.8 Å². The highest BCUT2D eigenvalue weighted by atomic mass is 16.5. The number of aromatic nitrogens is 3. The van der Waals surface area contributed by atoms with E-state index in [9.17, 15) is 0 Å². The number of anilines is 1. The number of nitrogen functional groups attached to an aromatic ring is 1. The lowest BCUT2D eigenvalue weighted by atomic mass is 10.0. The first-order chi connectivity index (χ1) is 14.6. The van der Waals surface area contributed by atoms with Crippen LogP contribution in [0.2, 0.25) is 0 Å². The summed E-state index contributed by atoms with van der Waals surface area (Å²) < 4.78 is 16.9. The van der Waals surface area contributed by atoms with E-state index in [2.05, 4.69) is 16.9 Å². The number of ether oxygens (including phenoxy) is 3. The summed E-state index contributed by atoms with van der Waals surface area (Å²) >= 11 is 0. The molecule has 3 aromatic rings. The number of rotatable bonds is 7. The Morgan fingerprint density at radius 1 is 1.13 bits per heavy atom. The van der Waals surface area contributed by atoms with E-state index in [1.807, 2.05) is 36.7 Å². The standard InChI is InChI=1S/C23H28N4O3/c1-15(14-28-2)11-21-25-13-20-22(27-21)19(16-3-5-17(24)6-4-16)12-26-23(20)30-18-7-9-29-10-8-18/h3-6,12-13,15,18H,7-11,14,24H2,1-2H3/t15-/m1/s1. The van der Waals surface area contributed by atoms with Gasteiger partial charge in [-0.1, -0.05) is 19.1 Å². The summed E-state index contributed by atoms with van der Waals surface area (Å²) in [4.78, 5) is 14.1. The second-order valence-electron chi connectivity index (χ2n) is 7.84. The Balaban J connectivity index is 1.75. The predicted molar refractivity (Wildman–Crippen MR) is 116 cm³/mol. The smallest absolute Gasteiger partial charge is 0.224 e. The molecule has 1 fully saturated rings. The van der Waals surface area contributed by atoms with Gasteiger partial charge in [-0.3, -0.25) is 0 Å². The molecule has 4 rings (SSSR count). The van der Waals surface area contributed by atoms with Crippen molar-refractivity contribution in [2.75, 3.05) is 32.7 Å². The lowest BCUT2D eigenvalue weighted by molar-refractivity contribution is 0.0244. The van der Waals surface area contributed by atoms with E-state index in [4.69, 9.17) is 24.9 Å². The van der Waals surface area contributed by atoms with Gasteiger partial charge in [-0.2, -0.15) is 0 Å². The van der Waals surface area contributed by atoms with Gasteiger partial charge in [0, 0.05) is 56.6 Å². The van der Waals surface area contributed by atoms with E-state index in [1.165, 1.54) is 0 Å². The van der Waals surface area contributed by atoms with E-state index < -0.39 is 0 Å². The van der Waals surface area contributed by atoms with Gasteiger partial charge >= 0.3 is 0 Å². The maximum absolute atomic E-state index is 6.23. The van der Waals surface area contributed by atoms with E-state index >= 15 is 0 Å². The topological polar surface area (TPSA) is 92.4 Å². The van der Waals surface area contributed by atoms with Gasteiger partial charge in [0.2, 0.25) is 5.88 Å². The fourth-order valence-electron chi connectivity index (χ4n) is 3.71. The van der Waals surface area contributed by atoms with Crippen LogP contribution in [0, 0.1) is 5.92 Å².